The average Bonchev–Trinajstić information content (AvgIpc) is 2.51. The summed E-state index contributed by atoms with van der Waals surface area (Å²) in [4.78, 5) is 4.68. The van der Waals surface area contributed by atoms with Crippen molar-refractivity contribution in [2.24, 2.45) is 0 Å². The molecule has 1 nitrogen and oxygen atoms in total. The first-order valence-corrected chi connectivity index (χ1v) is 7.42. The van der Waals surface area contributed by atoms with Gasteiger partial charge in [0.05, 0.1) is 0 Å². The molecule has 2 heterocycles. The Labute approximate surface area is 106 Å². The van der Waals surface area contributed by atoms with Crippen LogP contribution in [0.4, 0.5) is 0 Å². The molecule has 1 aromatic rings. The normalized spacial score (nSPS) is 24.0. The molecular formula is C10H13Br2NS. The molecule has 0 aliphatic carbocycles. The summed E-state index contributed by atoms with van der Waals surface area (Å²) in [5.41, 5.74) is 0. The number of rotatable bonds is 2. The Morgan fingerprint density at radius 2 is 2.43 bits per heavy atom. The Hall–Kier alpha value is 0.620. The number of thiophene rings is 1. The minimum absolute atomic E-state index is 0.694. The van der Waals surface area contributed by atoms with Crippen molar-refractivity contribution in [1.82, 2.24) is 4.90 Å². The van der Waals surface area contributed by atoms with Crippen LogP contribution in [0.15, 0.2) is 15.9 Å². The van der Waals surface area contributed by atoms with Crippen molar-refractivity contribution >= 4 is 43.2 Å². The van der Waals surface area contributed by atoms with Gasteiger partial charge in [-0.25, -0.2) is 0 Å². The molecule has 0 N–H and O–H groups in total. The summed E-state index contributed by atoms with van der Waals surface area (Å²) >= 11 is 9.03. The van der Waals surface area contributed by atoms with E-state index in [0.717, 1.165) is 6.54 Å². The molecule has 1 atom stereocenters. The zero-order chi connectivity index (χ0) is 9.97. The number of alkyl halides is 1. The van der Waals surface area contributed by atoms with Gasteiger partial charge in [-0.1, -0.05) is 15.9 Å². The third-order valence-electron chi connectivity index (χ3n) is 2.45. The van der Waals surface area contributed by atoms with Crippen molar-refractivity contribution < 1.29 is 0 Å². The molecule has 78 valence electrons. The predicted molar refractivity (Wildman–Crippen MR) is 69.2 cm³/mol. The van der Waals surface area contributed by atoms with Crippen LogP contribution in [0.3, 0.4) is 0 Å². The Balaban J connectivity index is 1.90. The van der Waals surface area contributed by atoms with Crippen LogP contribution in [-0.4, -0.2) is 22.8 Å². The summed E-state index contributed by atoms with van der Waals surface area (Å²) < 4.78 is 1.21. The number of likely N-dealkylation sites (tertiary alicyclic amines) is 1. The van der Waals surface area contributed by atoms with Gasteiger partial charge in [0.25, 0.3) is 0 Å². The minimum Gasteiger partial charge on any atom is -0.297 e. The number of nitrogens with zero attached hydrogens (tertiary/aromatic N) is 1. The van der Waals surface area contributed by atoms with E-state index >= 15 is 0 Å². The van der Waals surface area contributed by atoms with E-state index in [1.807, 2.05) is 11.3 Å². The van der Waals surface area contributed by atoms with Crippen molar-refractivity contribution in [2.75, 3.05) is 13.1 Å². The number of hydrogen-bond acceptors (Lipinski definition) is 2. The molecule has 0 radical (unpaired) electrons. The Morgan fingerprint density at radius 1 is 1.57 bits per heavy atom. The summed E-state index contributed by atoms with van der Waals surface area (Å²) in [6.45, 7) is 3.55. The van der Waals surface area contributed by atoms with Crippen LogP contribution in [-0.2, 0) is 6.54 Å². The van der Waals surface area contributed by atoms with E-state index in [1.54, 1.807) is 0 Å². The highest BCUT2D eigenvalue weighted by Gasteiger charge is 2.17. The fourth-order valence-electron chi connectivity index (χ4n) is 1.80. The molecule has 0 aromatic carbocycles. The predicted octanol–water partition coefficient (Wildman–Crippen LogP) is 3.87. The van der Waals surface area contributed by atoms with E-state index < -0.39 is 0 Å². The maximum Gasteiger partial charge on any atom is 0.0328 e. The van der Waals surface area contributed by atoms with Crippen LogP contribution in [0.25, 0.3) is 0 Å². The summed E-state index contributed by atoms with van der Waals surface area (Å²) in [5, 5.41) is 2.16. The fourth-order valence-corrected chi connectivity index (χ4v) is 4.03. The molecule has 0 amide bonds. The van der Waals surface area contributed by atoms with Crippen molar-refractivity contribution in [3.05, 3.63) is 20.8 Å². The quantitative estimate of drug-likeness (QED) is 0.740. The maximum absolute atomic E-state index is 3.70. The smallest absolute Gasteiger partial charge is 0.0328 e. The van der Waals surface area contributed by atoms with E-state index in [-0.39, 0.29) is 0 Å². The summed E-state index contributed by atoms with van der Waals surface area (Å²) in [5.74, 6) is 0. The monoisotopic (exact) mass is 337 g/mol. The van der Waals surface area contributed by atoms with E-state index in [0.29, 0.717) is 4.83 Å². The van der Waals surface area contributed by atoms with Crippen LogP contribution in [0.2, 0.25) is 0 Å². The van der Waals surface area contributed by atoms with Gasteiger partial charge in [-0.15, -0.1) is 11.3 Å². The average molecular weight is 339 g/mol. The number of halogens is 2. The molecule has 1 unspecified atom stereocenters. The van der Waals surface area contributed by atoms with E-state index in [2.05, 4.69) is 48.2 Å². The second-order valence-corrected chi connectivity index (χ2v) is 6.91. The topological polar surface area (TPSA) is 3.24 Å². The molecule has 14 heavy (non-hydrogen) atoms. The second kappa shape index (κ2) is 5.10. The first-order valence-electron chi connectivity index (χ1n) is 4.83. The van der Waals surface area contributed by atoms with E-state index in [4.69, 9.17) is 0 Å². The summed E-state index contributed by atoms with van der Waals surface area (Å²) in [7, 11) is 0. The molecule has 4 heteroatoms. The van der Waals surface area contributed by atoms with Gasteiger partial charge in [0, 0.05) is 32.6 Å². The Morgan fingerprint density at radius 3 is 3.07 bits per heavy atom. The Bertz CT molecular complexity index is 300. The zero-order valence-electron chi connectivity index (χ0n) is 7.88. The minimum atomic E-state index is 0.694. The van der Waals surface area contributed by atoms with Crippen LogP contribution in [0, 0.1) is 0 Å². The lowest BCUT2D eigenvalue weighted by Crippen LogP contribution is -2.34. The second-order valence-electron chi connectivity index (χ2n) is 3.71. The summed E-state index contributed by atoms with van der Waals surface area (Å²) in [6.07, 6.45) is 2.65. The lowest BCUT2D eigenvalue weighted by Gasteiger charge is -2.29. The van der Waals surface area contributed by atoms with Gasteiger partial charge in [0.2, 0.25) is 0 Å². The van der Waals surface area contributed by atoms with E-state index in [9.17, 15) is 0 Å². The van der Waals surface area contributed by atoms with Crippen LogP contribution >= 0.6 is 43.2 Å². The largest absolute Gasteiger partial charge is 0.297 e. The lowest BCUT2D eigenvalue weighted by atomic mass is 10.1. The molecule has 0 spiro atoms. The Kier molecular flexibility index (Phi) is 4.05. The van der Waals surface area contributed by atoms with Gasteiger partial charge in [0.1, 0.15) is 0 Å². The van der Waals surface area contributed by atoms with Gasteiger partial charge in [-0.05, 0) is 41.4 Å². The van der Waals surface area contributed by atoms with Crippen molar-refractivity contribution in [2.45, 2.75) is 24.2 Å². The summed E-state index contributed by atoms with van der Waals surface area (Å²) in [6, 6.07) is 2.22. The van der Waals surface area contributed by atoms with Crippen LogP contribution < -0.4 is 0 Å². The molecule has 2 rings (SSSR count). The maximum atomic E-state index is 3.70. The van der Waals surface area contributed by atoms with Gasteiger partial charge in [-0.3, -0.25) is 4.90 Å². The van der Waals surface area contributed by atoms with E-state index in [1.165, 1.54) is 35.3 Å². The highest BCUT2D eigenvalue weighted by molar-refractivity contribution is 9.10. The standard InChI is InChI=1S/C10H13Br2NS/c11-8-2-1-3-13(5-8)6-10-4-9(12)7-14-10/h4,7-8H,1-3,5-6H2. The third-order valence-corrected chi connectivity index (χ3v) is 4.88. The number of hydrogen-bond donors (Lipinski definition) is 0. The molecule has 1 aromatic heterocycles. The molecule has 1 saturated heterocycles. The van der Waals surface area contributed by atoms with Gasteiger partial charge < -0.3 is 0 Å². The van der Waals surface area contributed by atoms with Gasteiger partial charge in [0.15, 0.2) is 0 Å². The SMILES string of the molecule is Brc1csc(CN2CCCC(Br)C2)c1. The van der Waals surface area contributed by atoms with Crippen molar-refractivity contribution in [3.8, 4) is 0 Å². The lowest BCUT2D eigenvalue weighted by molar-refractivity contribution is 0.229. The molecule has 0 saturated carbocycles. The van der Waals surface area contributed by atoms with Crippen molar-refractivity contribution in [1.29, 1.82) is 0 Å². The van der Waals surface area contributed by atoms with Gasteiger partial charge >= 0.3 is 0 Å². The molecular weight excluding hydrogens is 326 g/mol. The highest BCUT2D eigenvalue weighted by Crippen LogP contribution is 2.24. The van der Waals surface area contributed by atoms with Crippen LogP contribution in [0.5, 0.6) is 0 Å². The first-order chi connectivity index (χ1) is 6.74. The van der Waals surface area contributed by atoms with Crippen molar-refractivity contribution in [3.63, 3.8) is 0 Å². The third kappa shape index (κ3) is 3.05. The molecule has 0 bridgehead atoms. The fraction of sp³-hybridized carbons (Fsp3) is 0.600. The molecule has 1 aliphatic heterocycles. The highest BCUT2D eigenvalue weighted by atomic mass is 79.9. The zero-order valence-corrected chi connectivity index (χ0v) is 11.9. The van der Waals surface area contributed by atoms with Gasteiger partial charge in [-0.2, -0.15) is 0 Å². The molecule has 1 aliphatic rings. The van der Waals surface area contributed by atoms with Crippen LogP contribution in [0.1, 0.15) is 17.7 Å². The first kappa shape index (κ1) is 11.1. The number of piperidine rings is 1. The molecule has 1 fully saturated rings.